The Morgan fingerprint density at radius 1 is 1.32 bits per heavy atom. The van der Waals surface area contributed by atoms with Gasteiger partial charge >= 0.3 is 5.97 Å². The van der Waals surface area contributed by atoms with Gasteiger partial charge in [-0.25, -0.2) is 4.98 Å². The summed E-state index contributed by atoms with van der Waals surface area (Å²) >= 11 is 1.51. The Hall–Kier alpha value is -2.47. The van der Waals surface area contributed by atoms with Crippen LogP contribution in [0.3, 0.4) is 0 Å². The fourth-order valence-electron chi connectivity index (χ4n) is 2.20. The van der Waals surface area contributed by atoms with E-state index in [4.69, 9.17) is 4.74 Å². The second-order valence-electron chi connectivity index (χ2n) is 4.86. The van der Waals surface area contributed by atoms with Gasteiger partial charge in [-0.05, 0) is 30.5 Å². The number of fused-ring (bicyclic) bond motifs is 1. The van der Waals surface area contributed by atoms with Gasteiger partial charge in [-0.15, -0.1) is 11.3 Å². The molecule has 0 N–H and O–H groups in total. The van der Waals surface area contributed by atoms with Gasteiger partial charge in [-0.1, -0.05) is 12.1 Å². The van der Waals surface area contributed by atoms with Crippen LogP contribution in [0.25, 0.3) is 5.65 Å². The molecule has 0 saturated carbocycles. The van der Waals surface area contributed by atoms with E-state index in [1.807, 2.05) is 36.6 Å². The van der Waals surface area contributed by atoms with Crippen LogP contribution in [0.5, 0.6) is 0 Å². The fraction of sp³-hybridized carbons (Fsp3) is 0.188. The highest BCUT2D eigenvalue weighted by Crippen LogP contribution is 2.10. The van der Waals surface area contributed by atoms with Crippen molar-refractivity contribution < 1.29 is 9.53 Å². The molecule has 0 bridgehead atoms. The number of rotatable bonds is 4. The summed E-state index contributed by atoms with van der Waals surface area (Å²) in [6.07, 6.45) is 0.239. The van der Waals surface area contributed by atoms with Gasteiger partial charge in [0.15, 0.2) is 0 Å². The molecule has 22 heavy (non-hydrogen) atoms. The zero-order valence-electron chi connectivity index (χ0n) is 12.0. The third-order valence-electron chi connectivity index (χ3n) is 3.21. The summed E-state index contributed by atoms with van der Waals surface area (Å²) in [6, 6.07) is 10.6. The molecule has 0 aromatic carbocycles. The quantitative estimate of drug-likeness (QED) is 0.694. The highest BCUT2D eigenvalue weighted by molar-refractivity contribution is 7.10. The zero-order chi connectivity index (χ0) is 15.5. The van der Waals surface area contributed by atoms with Gasteiger partial charge in [0.2, 0.25) is 0 Å². The number of aryl methyl sites for hydroxylation is 1. The predicted molar refractivity (Wildman–Crippen MR) is 84.0 cm³/mol. The molecule has 0 atom stereocenters. The Balaban J connectivity index is 1.74. The molecule has 0 aliphatic heterocycles. The van der Waals surface area contributed by atoms with Crippen LogP contribution >= 0.6 is 11.3 Å². The van der Waals surface area contributed by atoms with Crippen molar-refractivity contribution in [1.82, 2.24) is 9.38 Å². The fourth-order valence-corrected chi connectivity index (χ4v) is 2.89. The molecule has 0 aliphatic rings. The van der Waals surface area contributed by atoms with E-state index in [1.165, 1.54) is 21.8 Å². The smallest absolute Gasteiger partial charge is 0.311 e. The Morgan fingerprint density at radius 2 is 2.18 bits per heavy atom. The van der Waals surface area contributed by atoms with Crippen LogP contribution in [0, 0.1) is 6.92 Å². The Morgan fingerprint density at radius 3 is 2.95 bits per heavy atom. The lowest BCUT2D eigenvalue weighted by Gasteiger charge is -2.07. The molecular formula is C16H14N2O3S. The molecule has 5 nitrogen and oxygen atoms in total. The van der Waals surface area contributed by atoms with Crippen molar-refractivity contribution in [3.05, 3.63) is 68.4 Å². The van der Waals surface area contributed by atoms with Crippen LogP contribution in [0.2, 0.25) is 0 Å². The molecule has 0 fully saturated rings. The monoisotopic (exact) mass is 314 g/mol. The van der Waals surface area contributed by atoms with E-state index in [0.29, 0.717) is 11.3 Å². The van der Waals surface area contributed by atoms with Crippen molar-refractivity contribution in [3.63, 3.8) is 0 Å². The molecule has 0 amide bonds. The molecule has 3 heterocycles. The van der Waals surface area contributed by atoms with Crippen molar-refractivity contribution in [3.8, 4) is 0 Å². The van der Waals surface area contributed by atoms with E-state index in [2.05, 4.69) is 4.98 Å². The molecule has 3 rings (SSSR count). The van der Waals surface area contributed by atoms with Crippen LogP contribution in [0.15, 0.2) is 46.6 Å². The highest BCUT2D eigenvalue weighted by atomic mass is 32.1. The van der Waals surface area contributed by atoms with Gasteiger partial charge in [-0.2, -0.15) is 0 Å². The molecule has 0 aliphatic carbocycles. The molecule has 0 saturated heterocycles. The van der Waals surface area contributed by atoms with E-state index in [9.17, 15) is 9.59 Å². The van der Waals surface area contributed by atoms with Crippen molar-refractivity contribution >= 4 is 23.0 Å². The van der Waals surface area contributed by atoms with Gasteiger partial charge in [0.25, 0.3) is 5.56 Å². The number of hydrogen-bond acceptors (Lipinski definition) is 5. The number of esters is 1. The van der Waals surface area contributed by atoms with Crippen LogP contribution in [-0.4, -0.2) is 15.4 Å². The summed E-state index contributed by atoms with van der Waals surface area (Å²) < 4.78 is 6.72. The molecule has 3 aromatic heterocycles. The zero-order valence-corrected chi connectivity index (χ0v) is 12.8. The van der Waals surface area contributed by atoms with Crippen LogP contribution in [0.4, 0.5) is 0 Å². The average molecular weight is 314 g/mol. The highest BCUT2D eigenvalue weighted by Gasteiger charge is 2.09. The summed E-state index contributed by atoms with van der Waals surface area (Å²) in [5, 5.41) is 1.91. The Kier molecular flexibility index (Phi) is 4.02. The minimum Gasteiger partial charge on any atom is -0.459 e. The second-order valence-corrected chi connectivity index (χ2v) is 5.90. The lowest BCUT2D eigenvalue weighted by atomic mass is 10.3. The number of aromatic nitrogens is 2. The van der Waals surface area contributed by atoms with E-state index in [0.717, 1.165) is 10.6 Å². The van der Waals surface area contributed by atoms with Crippen molar-refractivity contribution in [2.75, 3.05) is 0 Å². The molecule has 6 heteroatoms. The lowest BCUT2D eigenvalue weighted by Crippen LogP contribution is -2.18. The third-order valence-corrected chi connectivity index (χ3v) is 4.09. The first kappa shape index (κ1) is 14.5. The minimum atomic E-state index is -0.325. The third kappa shape index (κ3) is 3.07. The Bertz CT molecular complexity index is 869. The summed E-state index contributed by atoms with van der Waals surface area (Å²) in [5.41, 5.74) is 1.65. The number of thiophene rings is 1. The number of carbonyl (C=O) groups excluding carboxylic acids is 1. The molecule has 0 spiro atoms. The van der Waals surface area contributed by atoms with Gasteiger partial charge in [-0.3, -0.25) is 14.0 Å². The molecule has 0 radical (unpaired) electrons. The van der Waals surface area contributed by atoms with Crippen molar-refractivity contribution in [2.45, 2.75) is 20.0 Å². The summed E-state index contributed by atoms with van der Waals surface area (Å²) in [5.74, 6) is -0.325. The first-order valence-corrected chi connectivity index (χ1v) is 7.68. The normalized spacial score (nSPS) is 10.8. The van der Waals surface area contributed by atoms with E-state index < -0.39 is 0 Å². The largest absolute Gasteiger partial charge is 0.459 e. The number of hydrogen-bond donors (Lipinski definition) is 0. The standard InChI is InChI=1S/C16H14N2O3S/c1-11-4-2-6-14-17-12(8-15(19)18(11)14)10-21-16(20)9-13-5-3-7-22-13/h2-8H,9-10H2,1H3. The first-order chi connectivity index (χ1) is 10.6. The number of pyridine rings is 1. The van der Waals surface area contributed by atoms with Gasteiger partial charge in [0, 0.05) is 16.6 Å². The maximum Gasteiger partial charge on any atom is 0.311 e. The number of ether oxygens (including phenoxy) is 1. The second kappa shape index (κ2) is 6.11. The topological polar surface area (TPSA) is 60.7 Å². The predicted octanol–water partition coefficient (Wildman–Crippen LogP) is 2.35. The van der Waals surface area contributed by atoms with Crippen LogP contribution in [0.1, 0.15) is 16.3 Å². The van der Waals surface area contributed by atoms with Crippen LogP contribution in [-0.2, 0) is 22.6 Å². The summed E-state index contributed by atoms with van der Waals surface area (Å²) in [4.78, 5) is 29.2. The summed E-state index contributed by atoms with van der Waals surface area (Å²) in [6.45, 7) is 1.85. The SMILES string of the molecule is Cc1cccc2nc(COC(=O)Cc3cccs3)cc(=O)n12. The van der Waals surface area contributed by atoms with Crippen LogP contribution < -0.4 is 5.56 Å². The van der Waals surface area contributed by atoms with Gasteiger partial charge in [0.1, 0.15) is 12.3 Å². The molecular weight excluding hydrogens is 300 g/mol. The van der Waals surface area contributed by atoms with E-state index in [1.54, 1.807) is 6.07 Å². The molecule has 3 aromatic rings. The average Bonchev–Trinajstić information content (AvgIpc) is 2.98. The lowest BCUT2D eigenvalue weighted by molar-refractivity contribution is -0.144. The van der Waals surface area contributed by atoms with Gasteiger partial charge in [0.05, 0.1) is 12.1 Å². The van der Waals surface area contributed by atoms with Crippen molar-refractivity contribution in [2.24, 2.45) is 0 Å². The Labute approximate surface area is 130 Å². The summed E-state index contributed by atoms with van der Waals surface area (Å²) in [7, 11) is 0. The molecule has 112 valence electrons. The first-order valence-electron chi connectivity index (χ1n) is 6.80. The maximum absolute atomic E-state index is 12.1. The number of carbonyl (C=O) groups is 1. The maximum atomic E-state index is 12.1. The van der Waals surface area contributed by atoms with Gasteiger partial charge < -0.3 is 4.74 Å². The van der Waals surface area contributed by atoms with E-state index in [-0.39, 0.29) is 24.6 Å². The van der Waals surface area contributed by atoms with Crippen molar-refractivity contribution in [1.29, 1.82) is 0 Å². The number of nitrogens with zero attached hydrogens (tertiary/aromatic N) is 2. The van der Waals surface area contributed by atoms with E-state index >= 15 is 0 Å². The molecule has 0 unspecified atom stereocenters. The minimum absolute atomic E-state index is 0.00386.